The molecule has 1 aliphatic heterocycles. The Hall–Kier alpha value is -1.02. The van der Waals surface area contributed by atoms with E-state index in [0.29, 0.717) is 5.41 Å². The lowest BCUT2D eigenvalue weighted by atomic mass is 9.76. The summed E-state index contributed by atoms with van der Waals surface area (Å²) in [4.78, 5) is 0. The summed E-state index contributed by atoms with van der Waals surface area (Å²) in [5.41, 5.74) is 3.37. The van der Waals surface area contributed by atoms with Crippen molar-refractivity contribution in [1.29, 1.82) is 0 Å². The molecule has 1 N–H and O–H groups in total. The molecule has 2 nitrogen and oxygen atoms in total. The first-order valence-electron chi connectivity index (χ1n) is 5.23. The summed E-state index contributed by atoms with van der Waals surface area (Å²) in [7, 11) is 1.77. The van der Waals surface area contributed by atoms with Crippen molar-refractivity contribution in [1.82, 2.24) is 5.32 Å². The molecule has 0 radical (unpaired) electrons. The van der Waals surface area contributed by atoms with E-state index in [1.807, 2.05) is 0 Å². The molecule has 3 rings (SSSR count). The van der Waals surface area contributed by atoms with Gasteiger partial charge in [-0.15, -0.1) is 0 Å². The van der Waals surface area contributed by atoms with Gasteiger partial charge in [-0.3, -0.25) is 0 Å². The molecule has 1 aromatic carbocycles. The second-order valence-corrected chi connectivity index (χ2v) is 4.38. The normalized spacial score (nSPS) is 21.8. The first kappa shape index (κ1) is 8.30. The predicted octanol–water partition coefficient (Wildman–Crippen LogP) is 1.48. The Morgan fingerprint density at radius 2 is 2.21 bits per heavy atom. The van der Waals surface area contributed by atoms with Crippen LogP contribution in [0.4, 0.5) is 0 Å². The van der Waals surface area contributed by atoms with E-state index in [4.69, 9.17) is 4.74 Å². The summed E-state index contributed by atoms with van der Waals surface area (Å²) in [6.07, 6.45) is 2.50. The topological polar surface area (TPSA) is 21.3 Å². The standard InChI is InChI=1S/C12H15NO/c1-14-10-4-2-3-9-5-6-12(11(9)10)7-13-8-12/h2-4,13H,5-8H2,1H3. The molecule has 1 fully saturated rings. The van der Waals surface area contributed by atoms with Crippen molar-refractivity contribution < 1.29 is 4.74 Å². The number of hydrogen-bond acceptors (Lipinski definition) is 2. The second kappa shape index (κ2) is 2.74. The molecule has 0 amide bonds. The van der Waals surface area contributed by atoms with Crippen molar-refractivity contribution in [2.45, 2.75) is 18.3 Å². The maximum absolute atomic E-state index is 5.46. The molecule has 14 heavy (non-hydrogen) atoms. The predicted molar refractivity (Wildman–Crippen MR) is 55.9 cm³/mol. The second-order valence-electron chi connectivity index (χ2n) is 4.38. The summed E-state index contributed by atoms with van der Waals surface area (Å²) in [6.45, 7) is 2.25. The SMILES string of the molecule is COc1cccc2c1C1(CC2)CNC1. The highest BCUT2D eigenvalue weighted by Gasteiger charge is 2.45. The van der Waals surface area contributed by atoms with Crippen LogP contribution in [0.15, 0.2) is 18.2 Å². The minimum absolute atomic E-state index is 0.405. The zero-order chi connectivity index (χ0) is 9.60. The summed E-state index contributed by atoms with van der Waals surface area (Å²) < 4.78 is 5.46. The van der Waals surface area contributed by atoms with E-state index in [1.54, 1.807) is 7.11 Å². The van der Waals surface area contributed by atoms with Gasteiger partial charge >= 0.3 is 0 Å². The summed E-state index contributed by atoms with van der Waals surface area (Å²) in [6, 6.07) is 6.43. The molecule has 0 bridgehead atoms. The lowest BCUT2D eigenvalue weighted by Crippen LogP contribution is -2.55. The van der Waals surface area contributed by atoms with Crippen LogP contribution >= 0.6 is 0 Å². The lowest BCUT2D eigenvalue weighted by Gasteiger charge is -2.40. The van der Waals surface area contributed by atoms with Gasteiger partial charge in [0.15, 0.2) is 0 Å². The monoisotopic (exact) mass is 189 g/mol. The fraction of sp³-hybridized carbons (Fsp3) is 0.500. The molecule has 1 aliphatic carbocycles. The van der Waals surface area contributed by atoms with Crippen LogP contribution in [0.1, 0.15) is 17.5 Å². The van der Waals surface area contributed by atoms with Gasteiger partial charge in [-0.05, 0) is 24.5 Å². The molecule has 0 unspecified atom stereocenters. The Morgan fingerprint density at radius 3 is 2.86 bits per heavy atom. The summed E-state index contributed by atoms with van der Waals surface area (Å²) in [5.74, 6) is 1.08. The number of benzene rings is 1. The van der Waals surface area contributed by atoms with E-state index in [9.17, 15) is 0 Å². The highest BCUT2D eigenvalue weighted by molar-refractivity contribution is 5.51. The van der Waals surface area contributed by atoms with Crippen LogP contribution in [0, 0.1) is 0 Å². The van der Waals surface area contributed by atoms with Crippen LogP contribution in [0.3, 0.4) is 0 Å². The molecule has 0 atom stereocenters. The van der Waals surface area contributed by atoms with Crippen LogP contribution in [0.25, 0.3) is 0 Å². The minimum atomic E-state index is 0.405. The average Bonchev–Trinajstić information content (AvgIpc) is 2.56. The highest BCUT2D eigenvalue weighted by Crippen LogP contribution is 2.46. The van der Waals surface area contributed by atoms with Gasteiger partial charge in [-0.25, -0.2) is 0 Å². The van der Waals surface area contributed by atoms with Crippen LogP contribution in [0.2, 0.25) is 0 Å². The van der Waals surface area contributed by atoms with Crippen LogP contribution < -0.4 is 10.1 Å². The van der Waals surface area contributed by atoms with E-state index in [1.165, 1.54) is 24.0 Å². The third kappa shape index (κ3) is 0.894. The maximum atomic E-state index is 5.46. The number of fused-ring (bicyclic) bond motifs is 2. The molecule has 74 valence electrons. The van der Waals surface area contributed by atoms with Gasteiger partial charge < -0.3 is 10.1 Å². The number of nitrogens with one attached hydrogen (secondary N) is 1. The lowest BCUT2D eigenvalue weighted by molar-refractivity contribution is 0.267. The fourth-order valence-electron chi connectivity index (χ4n) is 2.84. The van der Waals surface area contributed by atoms with Crippen LogP contribution in [-0.2, 0) is 11.8 Å². The smallest absolute Gasteiger partial charge is 0.122 e. The molecular weight excluding hydrogens is 174 g/mol. The third-order valence-corrected chi connectivity index (χ3v) is 3.66. The van der Waals surface area contributed by atoms with Crippen molar-refractivity contribution in [2.75, 3.05) is 20.2 Å². The number of ether oxygens (including phenoxy) is 1. The van der Waals surface area contributed by atoms with E-state index < -0.39 is 0 Å². The van der Waals surface area contributed by atoms with Gasteiger partial charge in [-0.2, -0.15) is 0 Å². The van der Waals surface area contributed by atoms with Crippen LogP contribution in [-0.4, -0.2) is 20.2 Å². The van der Waals surface area contributed by atoms with Gasteiger partial charge in [0, 0.05) is 24.1 Å². The Kier molecular flexibility index (Phi) is 1.62. The van der Waals surface area contributed by atoms with Crippen LogP contribution in [0.5, 0.6) is 5.75 Å². The van der Waals surface area contributed by atoms with E-state index >= 15 is 0 Å². The van der Waals surface area contributed by atoms with Gasteiger partial charge in [0.05, 0.1) is 7.11 Å². The number of hydrogen-bond donors (Lipinski definition) is 1. The first-order chi connectivity index (χ1) is 6.86. The molecule has 2 aliphatic rings. The Bertz CT molecular complexity index is 369. The van der Waals surface area contributed by atoms with E-state index in [0.717, 1.165) is 18.8 Å². The molecular formula is C12H15NO. The first-order valence-corrected chi connectivity index (χ1v) is 5.23. The van der Waals surface area contributed by atoms with Crippen molar-refractivity contribution >= 4 is 0 Å². The zero-order valence-corrected chi connectivity index (χ0v) is 8.47. The maximum Gasteiger partial charge on any atom is 0.122 e. The minimum Gasteiger partial charge on any atom is -0.496 e. The molecule has 0 aromatic heterocycles. The number of aryl methyl sites for hydroxylation is 1. The molecule has 0 saturated carbocycles. The largest absolute Gasteiger partial charge is 0.496 e. The van der Waals surface area contributed by atoms with Gasteiger partial charge in [0.2, 0.25) is 0 Å². The van der Waals surface area contributed by atoms with Crippen molar-refractivity contribution in [3.8, 4) is 5.75 Å². The third-order valence-electron chi connectivity index (χ3n) is 3.66. The van der Waals surface area contributed by atoms with Gasteiger partial charge in [0.1, 0.15) is 5.75 Å². The van der Waals surface area contributed by atoms with Crippen molar-refractivity contribution in [3.05, 3.63) is 29.3 Å². The molecule has 1 aromatic rings. The van der Waals surface area contributed by atoms with Crippen molar-refractivity contribution in [2.24, 2.45) is 0 Å². The molecule has 1 saturated heterocycles. The Labute approximate surface area is 84.3 Å². The molecule has 1 spiro atoms. The number of methoxy groups -OCH3 is 1. The van der Waals surface area contributed by atoms with Gasteiger partial charge in [-0.1, -0.05) is 12.1 Å². The van der Waals surface area contributed by atoms with Crippen molar-refractivity contribution in [3.63, 3.8) is 0 Å². The zero-order valence-electron chi connectivity index (χ0n) is 8.47. The number of rotatable bonds is 1. The summed E-state index contributed by atoms with van der Waals surface area (Å²) >= 11 is 0. The molecule has 1 heterocycles. The highest BCUT2D eigenvalue weighted by atomic mass is 16.5. The average molecular weight is 189 g/mol. The quantitative estimate of drug-likeness (QED) is 0.722. The molecule has 2 heteroatoms. The summed E-state index contributed by atoms with van der Waals surface area (Å²) in [5, 5.41) is 3.38. The van der Waals surface area contributed by atoms with Gasteiger partial charge in [0.25, 0.3) is 0 Å². The van der Waals surface area contributed by atoms with E-state index in [2.05, 4.69) is 23.5 Å². The fourth-order valence-corrected chi connectivity index (χ4v) is 2.84. The Morgan fingerprint density at radius 1 is 1.36 bits per heavy atom. The Balaban J connectivity index is 2.15. The van der Waals surface area contributed by atoms with E-state index in [-0.39, 0.29) is 0 Å².